The van der Waals surface area contributed by atoms with Gasteiger partial charge in [-0.05, 0) is 31.4 Å². The lowest BCUT2D eigenvalue weighted by Crippen LogP contribution is -2.51. The van der Waals surface area contributed by atoms with Crippen LogP contribution in [0.3, 0.4) is 0 Å². The third-order valence-electron chi connectivity index (χ3n) is 4.13. The van der Waals surface area contributed by atoms with Gasteiger partial charge in [-0.15, -0.1) is 0 Å². The second-order valence-electron chi connectivity index (χ2n) is 5.51. The fourth-order valence-corrected chi connectivity index (χ4v) is 2.95. The number of para-hydroxylation sites is 1. The summed E-state index contributed by atoms with van der Waals surface area (Å²) >= 11 is 0. The van der Waals surface area contributed by atoms with E-state index in [1.165, 1.54) is 0 Å². The molecule has 1 aliphatic heterocycles. The number of aromatic nitrogens is 1. The number of likely N-dealkylation sites (tertiary alicyclic amines) is 1. The molecule has 1 aromatic carbocycles. The Morgan fingerprint density at radius 3 is 2.82 bits per heavy atom. The van der Waals surface area contributed by atoms with Gasteiger partial charge in [0.05, 0.1) is 5.52 Å². The number of nitrogens with zero attached hydrogens (tertiary/aromatic N) is 2. The number of piperidine rings is 1. The van der Waals surface area contributed by atoms with Crippen LogP contribution in [-0.4, -0.2) is 41.3 Å². The summed E-state index contributed by atoms with van der Waals surface area (Å²) in [7, 11) is 1.61. The third kappa shape index (κ3) is 2.66. The summed E-state index contributed by atoms with van der Waals surface area (Å²) in [6.07, 6.45) is 2.60. The fourth-order valence-electron chi connectivity index (χ4n) is 2.95. The molecule has 1 N–H and O–H groups in total. The van der Waals surface area contributed by atoms with Gasteiger partial charge in [0.1, 0.15) is 11.7 Å². The van der Waals surface area contributed by atoms with Gasteiger partial charge in [-0.3, -0.25) is 9.59 Å². The van der Waals surface area contributed by atoms with Crippen molar-refractivity contribution in [2.45, 2.75) is 25.3 Å². The Hall–Kier alpha value is -2.43. The molecule has 0 spiro atoms. The Morgan fingerprint density at radius 2 is 2.00 bits per heavy atom. The molecular formula is C17H19N3O2. The fraction of sp³-hybridized carbons (Fsp3) is 0.353. The standard InChI is InChI=1S/C17H19N3O2/c1-18-16(21)15-8-4-5-11-20(15)17(22)14-10-9-12-6-2-3-7-13(12)19-14/h2-3,6-7,9-10,15H,4-5,8,11H2,1H3,(H,18,21). The van der Waals surface area contributed by atoms with Crippen LogP contribution in [-0.2, 0) is 4.79 Å². The van der Waals surface area contributed by atoms with Crippen molar-refractivity contribution in [2.75, 3.05) is 13.6 Å². The van der Waals surface area contributed by atoms with Crippen LogP contribution in [0.4, 0.5) is 0 Å². The average Bonchev–Trinajstić information content (AvgIpc) is 2.60. The largest absolute Gasteiger partial charge is 0.357 e. The van der Waals surface area contributed by atoms with Crippen molar-refractivity contribution in [1.82, 2.24) is 15.2 Å². The highest BCUT2D eigenvalue weighted by Crippen LogP contribution is 2.20. The first-order valence-electron chi connectivity index (χ1n) is 7.59. The second kappa shape index (κ2) is 6.13. The first kappa shape index (κ1) is 14.5. The molecule has 114 valence electrons. The molecule has 0 aliphatic carbocycles. The van der Waals surface area contributed by atoms with Gasteiger partial charge in [0.25, 0.3) is 5.91 Å². The van der Waals surface area contributed by atoms with Gasteiger partial charge in [0.15, 0.2) is 0 Å². The Balaban J connectivity index is 1.91. The molecule has 0 radical (unpaired) electrons. The van der Waals surface area contributed by atoms with Crippen molar-refractivity contribution in [2.24, 2.45) is 0 Å². The highest BCUT2D eigenvalue weighted by atomic mass is 16.2. The number of carbonyl (C=O) groups excluding carboxylic acids is 2. The highest BCUT2D eigenvalue weighted by Gasteiger charge is 2.32. The molecule has 1 atom stereocenters. The van der Waals surface area contributed by atoms with E-state index in [2.05, 4.69) is 10.3 Å². The smallest absolute Gasteiger partial charge is 0.273 e. The highest BCUT2D eigenvalue weighted by molar-refractivity contribution is 5.98. The Morgan fingerprint density at radius 1 is 1.18 bits per heavy atom. The number of carbonyl (C=O) groups is 2. The predicted molar refractivity (Wildman–Crippen MR) is 84.5 cm³/mol. The van der Waals surface area contributed by atoms with Gasteiger partial charge < -0.3 is 10.2 Å². The molecule has 1 saturated heterocycles. The van der Waals surface area contributed by atoms with Crippen molar-refractivity contribution in [3.05, 3.63) is 42.1 Å². The topological polar surface area (TPSA) is 62.3 Å². The molecule has 3 rings (SSSR count). The molecule has 1 unspecified atom stereocenters. The molecule has 2 heterocycles. The number of hydrogen-bond donors (Lipinski definition) is 1. The van der Waals surface area contributed by atoms with E-state index in [4.69, 9.17) is 0 Å². The molecule has 2 amide bonds. The lowest BCUT2D eigenvalue weighted by atomic mass is 10.0. The summed E-state index contributed by atoms with van der Waals surface area (Å²) in [5.41, 5.74) is 1.19. The van der Waals surface area contributed by atoms with Gasteiger partial charge in [-0.25, -0.2) is 4.98 Å². The number of benzene rings is 1. The number of fused-ring (bicyclic) bond motifs is 1. The van der Waals surface area contributed by atoms with Gasteiger partial charge >= 0.3 is 0 Å². The molecular weight excluding hydrogens is 278 g/mol. The van der Waals surface area contributed by atoms with Crippen molar-refractivity contribution >= 4 is 22.7 Å². The maximum atomic E-state index is 12.8. The summed E-state index contributed by atoms with van der Waals surface area (Å²) in [6, 6.07) is 10.9. The van der Waals surface area contributed by atoms with E-state index in [1.807, 2.05) is 30.3 Å². The monoisotopic (exact) mass is 297 g/mol. The number of hydrogen-bond acceptors (Lipinski definition) is 3. The Labute approximate surface area is 129 Å². The van der Waals surface area contributed by atoms with Gasteiger partial charge in [-0.1, -0.05) is 24.3 Å². The summed E-state index contributed by atoms with van der Waals surface area (Å²) in [6.45, 7) is 0.603. The Kier molecular flexibility index (Phi) is 4.04. The van der Waals surface area contributed by atoms with Crippen LogP contribution in [0.2, 0.25) is 0 Å². The third-order valence-corrected chi connectivity index (χ3v) is 4.13. The van der Waals surface area contributed by atoms with E-state index >= 15 is 0 Å². The molecule has 2 aromatic rings. The molecule has 0 bridgehead atoms. The van der Waals surface area contributed by atoms with Gasteiger partial charge in [0, 0.05) is 19.0 Å². The molecule has 5 heteroatoms. The van der Waals surface area contributed by atoms with Crippen LogP contribution in [0, 0.1) is 0 Å². The number of amides is 2. The number of likely N-dealkylation sites (N-methyl/N-ethyl adjacent to an activating group) is 1. The minimum atomic E-state index is -0.389. The summed E-state index contributed by atoms with van der Waals surface area (Å²) in [4.78, 5) is 30.9. The normalized spacial score (nSPS) is 18.2. The quantitative estimate of drug-likeness (QED) is 0.922. The van der Waals surface area contributed by atoms with Crippen molar-refractivity contribution < 1.29 is 9.59 Å². The van der Waals surface area contributed by atoms with E-state index in [0.717, 1.165) is 23.7 Å². The number of nitrogens with one attached hydrogen (secondary N) is 1. The van der Waals surface area contributed by atoms with Crippen molar-refractivity contribution in [3.63, 3.8) is 0 Å². The second-order valence-corrected chi connectivity index (χ2v) is 5.51. The number of rotatable bonds is 2. The van der Waals surface area contributed by atoms with Gasteiger partial charge in [0.2, 0.25) is 5.91 Å². The minimum Gasteiger partial charge on any atom is -0.357 e. The van der Waals surface area contributed by atoms with Crippen LogP contribution in [0.5, 0.6) is 0 Å². The molecule has 5 nitrogen and oxygen atoms in total. The zero-order chi connectivity index (χ0) is 15.5. The molecule has 0 saturated carbocycles. The van der Waals surface area contributed by atoms with Crippen molar-refractivity contribution in [1.29, 1.82) is 0 Å². The van der Waals surface area contributed by atoms with Gasteiger partial charge in [-0.2, -0.15) is 0 Å². The minimum absolute atomic E-state index is 0.103. The predicted octanol–water partition coefficient (Wildman–Crippen LogP) is 1.98. The molecule has 1 aliphatic rings. The van der Waals surface area contributed by atoms with Crippen LogP contribution in [0.25, 0.3) is 10.9 Å². The molecule has 1 aromatic heterocycles. The lowest BCUT2D eigenvalue weighted by Gasteiger charge is -2.34. The molecule has 1 fully saturated rings. The summed E-state index contributed by atoms with van der Waals surface area (Å²) in [5, 5.41) is 3.65. The van der Waals surface area contributed by atoms with E-state index in [-0.39, 0.29) is 17.9 Å². The zero-order valence-corrected chi connectivity index (χ0v) is 12.6. The van der Waals surface area contributed by atoms with E-state index in [9.17, 15) is 9.59 Å². The van der Waals surface area contributed by atoms with E-state index < -0.39 is 0 Å². The first-order chi connectivity index (χ1) is 10.7. The van der Waals surface area contributed by atoms with Crippen LogP contribution in [0.1, 0.15) is 29.8 Å². The first-order valence-corrected chi connectivity index (χ1v) is 7.59. The summed E-state index contributed by atoms with van der Waals surface area (Å²) < 4.78 is 0. The zero-order valence-electron chi connectivity index (χ0n) is 12.6. The van der Waals surface area contributed by atoms with Crippen molar-refractivity contribution in [3.8, 4) is 0 Å². The molecule has 22 heavy (non-hydrogen) atoms. The lowest BCUT2D eigenvalue weighted by molar-refractivity contribution is -0.126. The van der Waals surface area contributed by atoms with Crippen LogP contribution in [0.15, 0.2) is 36.4 Å². The summed E-state index contributed by atoms with van der Waals surface area (Å²) in [5.74, 6) is -0.270. The SMILES string of the molecule is CNC(=O)C1CCCCN1C(=O)c1ccc2ccccc2n1. The Bertz CT molecular complexity index is 714. The number of pyridine rings is 1. The maximum Gasteiger partial charge on any atom is 0.273 e. The van der Waals surface area contributed by atoms with Crippen LogP contribution >= 0.6 is 0 Å². The van der Waals surface area contributed by atoms with Crippen LogP contribution < -0.4 is 5.32 Å². The maximum absolute atomic E-state index is 12.8. The average molecular weight is 297 g/mol. The van der Waals surface area contributed by atoms with E-state index in [1.54, 1.807) is 18.0 Å². The van der Waals surface area contributed by atoms with E-state index in [0.29, 0.717) is 18.7 Å².